The number of hydrogen-bond acceptors (Lipinski definition) is 6. The number of aliphatic hydroxyl groups is 1. The molecule has 1 atom stereocenters. The lowest BCUT2D eigenvalue weighted by Crippen LogP contribution is -2.13. The van der Waals surface area contributed by atoms with E-state index >= 15 is 0 Å². The number of nitrogens with one attached hydrogen (secondary N) is 1. The van der Waals surface area contributed by atoms with Gasteiger partial charge in [0.1, 0.15) is 11.6 Å². The molecule has 1 heterocycles. The second kappa shape index (κ2) is 5.53. The average molecular weight is 260 g/mol. The first-order chi connectivity index (χ1) is 9.04. The number of aromatic hydroxyl groups is 1. The van der Waals surface area contributed by atoms with Gasteiger partial charge in [-0.2, -0.15) is 4.98 Å². The van der Waals surface area contributed by atoms with E-state index in [4.69, 9.17) is 5.73 Å². The lowest BCUT2D eigenvalue weighted by atomic mass is 10.1. The van der Waals surface area contributed by atoms with E-state index in [0.29, 0.717) is 17.9 Å². The van der Waals surface area contributed by atoms with Gasteiger partial charge in [0.05, 0.1) is 6.10 Å². The summed E-state index contributed by atoms with van der Waals surface area (Å²) < 4.78 is 0. The lowest BCUT2D eigenvalue weighted by molar-refractivity contribution is 0.191. The predicted molar refractivity (Wildman–Crippen MR) is 72.7 cm³/mol. The molecule has 0 aliphatic heterocycles. The highest BCUT2D eigenvalue weighted by Crippen LogP contribution is 2.17. The maximum Gasteiger partial charge on any atom is 0.222 e. The Morgan fingerprint density at radius 3 is 2.58 bits per heavy atom. The van der Waals surface area contributed by atoms with Crippen LogP contribution in [0.2, 0.25) is 0 Å². The fourth-order valence-corrected chi connectivity index (χ4v) is 1.70. The number of hydrogen-bond donors (Lipinski definition) is 4. The van der Waals surface area contributed by atoms with Crippen LogP contribution < -0.4 is 11.1 Å². The summed E-state index contributed by atoms with van der Waals surface area (Å²) in [6.45, 7) is 2.11. The molecule has 0 amide bonds. The number of phenols is 1. The van der Waals surface area contributed by atoms with E-state index in [2.05, 4.69) is 15.3 Å². The molecule has 0 aliphatic carbocycles. The van der Waals surface area contributed by atoms with Crippen molar-refractivity contribution >= 4 is 11.8 Å². The third-order valence-electron chi connectivity index (χ3n) is 2.63. The molecule has 5 N–H and O–H groups in total. The SMILES string of the molecule is Cc1cc(NCC(O)c2ccc(O)cc2)nc(N)n1. The van der Waals surface area contributed by atoms with Crippen LogP contribution in [-0.2, 0) is 0 Å². The lowest BCUT2D eigenvalue weighted by Gasteiger charge is -2.13. The molecule has 2 rings (SSSR count). The summed E-state index contributed by atoms with van der Waals surface area (Å²) in [5, 5.41) is 22.2. The van der Waals surface area contributed by atoms with Crippen molar-refractivity contribution in [1.29, 1.82) is 0 Å². The van der Waals surface area contributed by atoms with Gasteiger partial charge in [-0.25, -0.2) is 4.98 Å². The smallest absolute Gasteiger partial charge is 0.222 e. The van der Waals surface area contributed by atoms with Crippen LogP contribution in [0.4, 0.5) is 11.8 Å². The summed E-state index contributed by atoms with van der Waals surface area (Å²) in [6.07, 6.45) is -0.697. The molecular formula is C13H16N4O2. The first-order valence-electron chi connectivity index (χ1n) is 5.86. The van der Waals surface area contributed by atoms with Gasteiger partial charge in [-0.15, -0.1) is 0 Å². The average Bonchev–Trinajstić information content (AvgIpc) is 2.36. The van der Waals surface area contributed by atoms with Crippen molar-refractivity contribution in [1.82, 2.24) is 9.97 Å². The van der Waals surface area contributed by atoms with Crippen molar-refractivity contribution in [3.05, 3.63) is 41.6 Å². The number of aromatic nitrogens is 2. The van der Waals surface area contributed by atoms with E-state index in [0.717, 1.165) is 5.69 Å². The molecule has 6 heteroatoms. The zero-order valence-corrected chi connectivity index (χ0v) is 10.5. The van der Waals surface area contributed by atoms with Crippen LogP contribution in [0.3, 0.4) is 0 Å². The second-order valence-corrected chi connectivity index (χ2v) is 4.24. The third-order valence-corrected chi connectivity index (χ3v) is 2.63. The van der Waals surface area contributed by atoms with Crippen LogP contribution in [0.25, 0.3) is 0 Å². The molecule has 1 aromatic carbocycles. The summed E-state index contributed by atoms with van der Waals surface area (Å²) in [5.41, 5.74) is 7.01. The number of phenolic OH excluding ortho intramolecular Hbond substituents is 1. The van der Waals surface area contributed by atoms with E-state index in [1.165, 1.54) is 12.1 Å². The van der Waals surface area contributed by atoms with Crippen LogP contribution >= 0.6 is 0 Å². The largest absolute Gasteiger partial charge is 0.508 e. The Labute approximate surface area is 111 Å². The predicted octanol–water partition coefficient (Wildman–Crippen LogP) is 1.22. The number of aliphatic hydroxyl groups excluding tert-OH is 1. The Morgan fingerprint density at radius 2 is 1.95 bits per heavy atom. The highest BCUT2D eigenvalue weighted by molar-refractivity contribution is 5.40. The van der Waals surface area contributed by atoms with E-state index < -0.39 is 6.10 Å². The van der Waals surface area contributed by atoms with E-state index in [1.807, 2.05) is 6.92 Å². The number of aryl methyl sites for hydroxylation is 1. The van der Waals surface area contributed by atoms with Crippen molar-refractivity contribution in [2.75, 3.05) is 17.6 Å². The zero-order valence-electron chi connectivity index (χ0n) is 10.5. The van der Waals surface area contributed by atoms with Crippen LogP contribution in [0.1, 0.15) is 17.4 Å². The van der Waals surface area contributed by atoms with Gasteiger partial charge in [0.15, 0.2) is 0 Å². The zero-order chi connectivity index (χ0) is 13.8. The molecule has 6 nitrogen and oxygen atoms in total. The number of nitrogen functional groups attached to an aromatic ring is 1. The standard InChI is InChI=1S/C13H16N4O2/c1-8-6-12(17-13(14)16-8)15-7-11(19)9-2-4-10(18)5-3-9/h2-6,11,18-19H,7H2,1H3,(H3,14,15,16,17). The van der Waals surface area contributed by atoms with Crippen molar-refractivity contribution in [3.8, 4) is 5.75 Å². The first-order valence-corrected chi connectivity index (χ1v) is 5.86. The fourth-order valence-electron chi connectivity index (χ4n) is 1.70. The van der Waals surface area contributed by atoms with Crippen LogP contribution in [-0.4, -0.2) is 26.7 Å². The number of benzene rings is 1. The molecule has 19 heavy (non-hydrogen) atoms. The Kier molecular flexibility index (Phi) is 3.82. The fraction of sp³-hybridized carbons (Fsp3) is 0.231. The third kappa shape index (κ3) is 3.56. The summed E-state index contributed by atoms with van der Waals surface area (Å²) in [4.78, 5) is 7.98. The number of rotatable bonds is 4. The van der Waals surface area contributed by atoms with Gasteiger partial charge < -0.3 is 21.3 Å². The molecule has 1 unspecified atom stereocenters. The Bertz CT molecular complexity index is 537. The van der Waals surface area contributed by atoms with E-state index in [9.17, 15) is 10.2 Å². The Balaban J connectivity index is 1.99. The number of nitrogens with two attached hydrogens (primary N) is 1. The number of nitrogens with zero attached hydrogens (tertiary/aromatic N) is 2. The molecule has 0 bridgehead atoms. The molecular weight excluding hydrogens is 244 g/mol. The minimum absolute atomic E-state index is 0.170. The summed E-state index contributed by atoms with van der Waals surface area (Å²) in [7, 11) is 0. The Morgan fingerprint density at radius 1 is 1.26 bits per heavy atom. The normalized spacial score (nSPS) is 12.1. The van der Waals surface area contributed by atoms with Gasteiger partial charge in [-0.1, -0.05) is 12.1 Å². The van der Waals surface area contributed by atoms with Gasteiger partial charge in [-0.05, 0) is 24.6 Å². The molecule has 0 radical (unpaired) electrons. The maximum absolute atomic E-state index is 9.99. The van der Waals surface area contributed by atoms with Crippen LogP contribution in [0.15, 0.2) is 30.3 Å². The molecule has 0 saturated heterocycles. The molecule has 2 aromatic rings. The minimum Gasteiger partial charge on any atom is -0.508 e. The Hall–Kier alpha value is -2.34. The molecule has 1 aromatic heterocycles. The highest BCUT2D eigenvalue weighted by atomic mass is 16.3. The van der Waals surface area contributed by atoms with E-state index in [1.54, 1.807) is 18.2 Å². The summed E-state index contributed by atoms with van der Waals surface area (Å²) in [6, 6.07) is 8.15. The second-order valence-electron chi connectivity index (χ2n) is 4.24. The topological polar surface area (TPSA) is 104 Å². The minimum atomic E-state index is -0.697. The van der Waals surface area contributed by atoms with Crippen molar-refractivity contribution in [2.24, 2.45) is 0 Å². The van der Waals surface area contributed by atoms with E-state index in [-0.39, 0.29) is 11.7 Å². The maximum atomic E-state index is 9.99. The first kappa shape index (κ1) is 13.1. The summed E-state index contributed by atoms with van der Waals surface area (Å²) in [5.74, 6) is 0.938. The van der Waals surface area contributed by atoms with Gasteiger partial charge in [0.2, 0.25) is 5.95 Å². The summed E-state index contributed by atoms with van der Waals surface area (Å²) >= 11 is 0. The van der Waals surface area contributed by atoms with Gasteiger partial charge >= 0.3 is 0 Å². The molecule has 0 spiro atoms. The molecule has 0 fully saturated rings. The molecule has 0 saturated carbocycles. The quantitative estimate of drug-likeness (QED) is 0.659. The monoisotopic (exact) mass is 260 g/mol. The van der Waals surface area contributed by atoms with Crippen molar-refractivity contribution in [2.45, 2.75) is 13.0 Å². The van der Waals surface area contributed by atoms with Crippen molar-refractivity contribution < 1.29 is 10.2 Å². The van der Waals surface area contributed by atoms with Crippen LogP contribution in [0, 0.1) is 6.92 Å². The van der Waals surface area contributed by atoms with Gasteiger partial charge in [0.25, 0.3) is 0 Å². The molecule has 100 valence electrons. The molecule has 0 aliphatic rings. The van der Waals surface area contributed by atoms with Crippen molar-refractivity contribution in [3.63, 3.8) is 0 Å². The highest BCUT2D eigenvalue weighted by Gasteiger charge is 2.08. The van der Waals surface area contributed by atoms with Crippen LogP contribution in [0.5, 0.6) is 5.75 Å². The number of anilines is 2. The van der Waals surface area contributed by atoms with Gasteiger partial charge in [0, 0.05) is 18.3 Å². The van der Waals surface area contributed by atoms with Gasteiger partial charge in [-0.3, -0.25) is 0 Å².